The van der Waals surface area contributed by atoms with Crippen LogP contribution in [-0.2, 0) is 11.8 Å². The zero-order valence-electron chi connectivity index (χ0n) is 10.9. The monoisotopic (exact) mass is 265 g/mol. The number of benzene rings is 1. The van der Waals surface area contributed by atoms with Gasteiger partial charge in [0, 0.05) is 18.5 Å². The number of phenolic OH excluding ortho intramolecular Hbond substituents is 1. The third-order valence-electron chi connectivity index (χ3n) is 4.64. The van der Waals surface area contributed by atoms with E-state index in [1.54, 1.807) is 0 Å². The number of phenols is 1. The van der Waals surface area contributed by atoms with Crippen molar-refractivity contribution in [2.75, 3.05) is 20.1 Å². The maximum absolute atomic E-state index is 9.93. The Morgan fingerprint density at radius 2 is 2.00 bits per heavy atom. The molecule has 0 unspecified atom stereocenters. The standard InChI is InChI=1S/C15H20ClNO/c1-17-7-4-11-8-13(16)14(18)9-12(11)15(10-17)5-2-3-6-15/h8-9,18H,2-7,10H2,1H3. The molecule has 0 saturated heterocycles. The lowest BCUT2D eigenvalue weighted by Crippen LogP contribution is -2.35. The fourth-order valence-corrected chi connectivity index (χ4v) is 3.96. The largest absolute Gasteiger partial charge is 0.506 e. The Morgan fingerprint density at radius 1 is 1.28 bits per heavy atom. The fraction of sp³-hybridized carbons (Fsp3) is 0.600. The van der Waals surface area contributed by atoms with Gasteiger partial charge in [-0.15, -0.1) is 0 Å². The Labute approximate surface area is 114 Å². The Hall–Kier alpha value is -0.730. The summed E-state index contributed by atoms with van der Waals surface area (Å²) in [6.45, 7) is 2.19. The van der Waals surface area contributed by atoms with Crippen molar-refractivity contribution in [3.63, 3.8) is 0 Å². The number of hydrogen-bond donors (Lipinski definition) is 1. The van der Waals surface area contributed by atoms with Gasteiger partial charge in [0.25, 0.3) is 0 Å². The smallest absolute Gasteiger partial charge is 0.134 e. The molecule has 0 amide bonds. The average Bonchev–Trinajstić information content (AvgIpc) is 2.74. The highest BCUT2D eigenvalue weighted by Crippen LogP contribution is 2.46. The third-order valence-corrected chi connectivity index (χ3v) is 4.94. The molecular weight excluding hydrogens is 246 g/mol. The molecule has 98 valence electrons. The van der Waals surface area contributed by atoms with Crippen LogP contribution in [0.25, 0.3) is 0 Å². The van der Waals surface area contributed by atoms with Crippen LogP contribution < -0.4 is 0 Å². The first-order valence-corrected chi connectivity index (χ1v) is 7.19. The molecule has 1 heterocycles. The zero-order valence-corrected chi connectivity index (χ0v) is 11.6. The topological polar surface area (TPSA) is 23.5 Å². The van der Waals surface area contributed by atoms with Crippen LogP contribution in [0.4, 0.5) is 0 Å². The summed E-state index contributed by atoms with van der Waals surface area (Å²) in [5.74, 6) is 0.242. The van der Waals surface area contributed by atoms with Crippen molar-refractivity contribution in [2.45, 2.75) is 37.5 Å². The Balaban J connectivity index is 2.14. The van der Waals surface area contributed by atoms with Crippen LogP contribution in [0.5, 0.6) is 5.75 Å². The minimum Gasteiger partial charge on any atom is -0.506 e. The van der Waals surface area contributed by atoms with Crippen molar-refractivity contribution < 1.29 is 5.11 Å². The predicted molar refractivity (Wildman–Crippen MR) is 74.5 cm³/mol. The third kappa shape index (κ3) is 1.92. The van der Waals surface area contributed by atoms with Crippen LogP contribution in [0.3, 0.4) is 0 Å². The normalized spacial score (nSPS) is 23.0. The van der Waals surface area contributed by atoms with Gasteiger partial charge in [-0.3, -0.25) is 0 Å². The number of halogens is 1. The number of fused-ring (bicyclic) bond motifs is 2. The Morgan fingerprint density at radius 3 is 2.72 bits per heavy atom. The Bertz CT molecular complexity index is 466. The molecule has 1 spiro atoms. The van der Waals surface area contributed by atoms with Crippen molar-refractivity contribution in [2.24, 2.45) is 0 Å². The summed E-state index contributed by atoms with van der Waals surface area (Å²) in [4.78, 5) is 2.43. The highest BCUT2D eigenvalue weighted by molar-refractivity contribution is 6.32. The van der Waals surface area contributed by atoms with Gasteiger partial charge in [-0.1, -0.05) is 24.4 Å². The van der Waals surface area contributed by atoms with Crippen molar-refractivity contribution >= 4 is 11.6 Å². The first kappa shape index (κ1) is 12.3. The minimum absolute atomic E-state index is 0.242. The number of hydrogen-bond acceptors (Lipinski definition) is 2. The van der Waals surface area contributed by atoms with E-state index < -0.39 is 0 Å². The molecule has 3 heteroatoms. The van der Waals surface area contributed by atoms with E-state index in [-0.39, 0.29) is 11.2 Å². The van der Waals surface area contributed by atoms with Crippen molar-refractivity contribution in [3.05, 3.63) is 28.3 Å². The SMILES string of the molecule is CN1CCc2cc(Cl)c(O)cc2C2(CCCC2)C1. The summed E-state index contributed by atoms with van der Waals surface area (Å²) < 4.78 is 0. The maximum Gasteiger partial charge on any atom is 0.134 e. The molecule has 1 saturated carbocycles. The molecule has 1 fully saturated rings. The van der Waals surface area contributed by atoms with Crippen molar-refractivity contribution in [1.29, 1.82) is 0 Å². The molecule has 1 N–H and O–H groups in total. The van der Waals surface area contributed by atoms with E-state index in [2.05, 4.69) is 11.9 Å². The first-order chi connectivity index (χ1) is 8.61. The van der Waals surface area contributed by atoms with Crippen LogP contribution in [0.15, 0.2) is 12.1 Å². The molecule has 1 aliphatic carbocycles. The van der Waals surface area contributed by atoms with Crippen molar-refractivity contribution in [3.8, 4) is 5.75 Å². The number of aromatic hydroxyl groups is 1. The molecule has 0 radical (unpaired) electrons. The van der Waals surface area contributed by atoms with Gasteiger partial charge in [-0.2, -0.15) is 0 Å². The zero-order chi connectivity index (χ0) is 12.8. The second-order valence-corrected chi connectivity index (χ2v) is 6.34. The summed E-state index contributed by atoms with van der Waals surface area (Å²) in [5, 5.41) is 10.4. The molecular formula is C15H20ClNO. The van der Waals surface area contributed by atoms with Gasteiger partial charge in [-0.25, -0.2) is 0 Å². The fourth-order valence-electron chi connectivity index (χ4n) is 3.77. The van der Waals surface area contributed by atoms with Gasteiger partial charge in [0.2, 0.25) is 0 Å². The number of likely N-dealkylation sites (N-methyl/N-ethyl adjacent to an activating group) is 1. The van der Waals surface area contributed by atoms with Crippen LogP contribution in [0.2, 0.25) is 5.02 Å². The van der Waals surface area contributed by atoms with Gasteiger partial charge in [-0.05, 0) is 49.6 Å². The maximum atomic E-state index is 9.93. The van der Waals surface area contributed by atoms with E-state index >= 15 is 0 Å². The van der Waals surface area contributed by atoms with E-state index in [4.69, 9.17) is 11.6 Å². The van der Waals surface area contributed by atoms with E-state index in [9.17, 15) is 5.11 Å². The highest BCUT2D eigenvalue weighted by atomic mass is 35.5. The summed E-state index contributed by atoms with van der Waals surface area (Å²) >= 11 is 6.07. The van der Waals surface area contributed by atoms with Crippen LogP contribution in [-0.4, -0.2) is 30.1 Å². The summed E-state index contributed by atoms with van der Waals surface area (Å²) in [6.07, 6.45) is 6.12. The van der Waals surface area contributed by atoms with Crippen LogP contribution in [0.1, 0.15) is 36.8 Å². The molecule has 0 aromatic heterocycles. The molecule has 0 bridgehead atoms. The molecule has 2 nitrogen and oxygen atoms in total. The quantitative estimate of drug-likeness (QED) is 0.778. The first-order valence-electron chi connectivity index (χ1n) is 6.81. The summed E-state index contributed by atoms with van der Waals surface area (Å²) in [6, 6.07) is 3.91. The summed E-state index contributed by atoms with van der Waals surface area (Å²) in [7, 11) is 2.20. The molecule has 1 aliphatic heterocycles. The van der Waals surface area contributed by atoms with Gasteiger partial charge in [0.15, 0.2) is 0 Å². The number of nitrogens with zero attached hydrogens (tertiary/aromatic N) is 1. The van der Waals surface area contributed by atoms with E-state index in [1.807, 2.05) is 12.1 Å². The van der Waals surface area contributed by atoms with Gasteiger partial charge in [0.05, 0.1) is 5.02 Å². The molecule has 1 aromatic carbocycles. The molecule has 3 rings (SSSR count). The van der Waals surface area contributed by atoms with Gasteiger partial charge >= 0.3 is 0 Å². The molecule has 1 aromatic rings. The number of rotatable bonds is 0. The van der Waals surface area contributed by atoms with Crippen molar-refractivity contribution in [1.82, 2.24) is 4.90 Å². The lowest BCUT2D eigenvalue weighted by Gasteiger charge is -2.32. The van der Waals surface area contributed by atoms with Crippen LogP contribution >= 0.6 is 11.6 Å². The van der Waals surface area contributed by atoms with Gasteiger partial charge < -0.3 is 10.0 Å². The molecule has 0 atom stereocenters. The predicted octanol–water partition coefficient (Wildman–Crippen LogP) is 3.35. The average molecular weight is 266 g/mol. The van der Waals surface area contributed by atoms with E-state index in [0.29, 0.717) is 5.02 Å². The second-order valence-electron chi connectivity index (χ2n) is 5.94. The second kappa shape index (κ2) is 4.43. The summed E-state index contributed by atoms with van der Waals surface area (Å²) in [5.41, 5.74) is 2.94. The highest BCUT2D eigenvalue weighted by Gasteiger charge is 2.39. The molecule has 18 heavy (non-hydrogen) atoms. The van der Waals surface area contributed by atoms with E-state index in [0.717, 1.165) is 19.5 Å². The lowest BCUT2D eigenvalue weighted by molar-refractivity contribution is 0.259. The van der Waals surface area contributed by atoms with Crippen LogP contribution in [0, 0.1) is 0 Å². The Kier molecular flexibility index (Phi) is 3.03. The molecule has 2 aliphatic rings. The lowest BCUT2D eigenvalue weighted by atomic mass is 9.76. The minimum atomic E-state index is 0.242. The van der Waals surface area contributed by atoms with Gasteiger partial charge in [0.1, 0.15) is 5.75 Å². The van der Waals surface area contributed by atoms with E-state index in [1.165, 1.54) is 36.8 Å².